The van der Waals surface area contributed by atoms with Crippen molar-refractivity contribution in [3.05, 3.63) is 39.4 Å². The number of halogens is 3. The van der Waals surface area contributed by atoms with Crippen molar-refractivity contribution >= 4 is 47.4 Å². The van der Waals surface area contributed by atoms with Crippen LogP contribution in [0.1, 0.15) is 0 Å². The highest BCUT2D eigenvalue weighted by Gasteiger charge is 2.06. The molecule has 0 radical (unpaired) electrons. The first-order valence-electron chi connectivity index (χ1n) is 4.18. The van der Waals surface area contributed by atoms with Gasteiger partial charge in [-0.1, -0.05) is 47.0 Å². The minimum absolute atomic E-state index is 0.417. The van der Waals surface area contributed by atoms with Gasteiger partial charge in [-0.25, -0.2) is 0 Å². The van der Waals surface area contributed by atoms with Crippen molar-refractivity contribution in [1.29, 1.82) is 0 Å². The first-order valence-corrected chi connectivity index (χ1v) is 5.95. The van der Waals surface area contributed by atoms with E-state index in [0.29, 0.717) is 33.2 Å². The molecule has 1 aromatic carbocycles. The minimum atomic E-state index is 0.417. The maximum absolute atomic E-state index is 5.91. The van der Waals surface area contributed by atoms with Crippen LogP contribution < -0.4 is 4.74 Å². The molecule has 0 amide bonds. The van der Waals surface area contributed by atoms with Crippen LogP contribution >= 0.6 is 47.4 Å². The maximum atomic E-state index is 5.91. The number of hydrogen-bond acceptors (Lipinski definition) is 2. The van der Waals surface area contributed by atoms with Crippen LogP contribution in [0.5, 0.6) is 5.75 Å². The van der Waals surface area contributed by atoms with E-state index in [2.05, 4.69) is 12.6 Å². The summed E-state index contributed by atoms with van der Waals surface area (Å²) in [5.74, 6) is 1.20. The number of hydrogen-bond donors (Lipinski definition) is 1. The van der Waals surface area contributed by atoms with Gasteiger partial charge >= 0.3 is 0 Å². The van der Waals surface area contributed by atoms with Crippen LogP contribution in [0.15, 0.2) is 24.3 Å². The van der Waals surface area contributed by atoms with Crippen LogP contribution in [0.3, 0.4) is 0 Å². The smallest absolute Gasteiger partial charge is 0.139 e. The van der Waals surface area contributed by atoms with Gasteiger partial charge in [0.2, 0.25) is 0 Å². The quantitative estimate of drug-likeness (QED) is 0.486. The molecule has 0 heterocycles. The Kier molecular flexibility index (Phi) is 5.69. The summed E-state index contributed by atoms with van der Waals surface area (Å²) in [6.45, 7) is 0.429. The van der Waals surface area contributed by atoms with Crippen molar-refractivity contribution in [3.63, 3.8) is 0 Å². The van der Waals surface area contributed by atoms with E-state index in [1.54, 1.807) is 12.1 Å². The normalized spacial score (nSPS) is 10.9. The summed E-state index contributed by atoms with van der Waals surface area (Å²) in [7, 11) is 0. The molecule has 0 aliphatic rings. The molecular formula is C10H9Cl3OS. The van der Waals surface area contributed by atoms with Gasteiger partial charge in [-0.3, -0.25) is 0 Å². The summed E-state index contributed by atoms with van der Waals surface area (Å²) in [4.78, 5) is 0. The second-order valence-electron chi connectivity index (χ2n) is 2.66. The van der Waals surface area contributed by atoms with Gasteiger partial charge in [-0.2, -0.15) is 12.6 Å². The van der Waals surface area contributed by atoms with Crippen LogP contribution in [-0.4, -0.2) is 12.4 Å². The fourth-order valence-corrected chi connectivity index (χ4v) is 1.64. The molecule has 0 aliphatic heterocycles. The van der Waals surface area contributed by atoms with Gasteiger partial charge in [-0.05, 0) is 6.07 Å². The Bertz CT molecular complexity index is 366. The van der Waals surface area contributed by atoms with Gasteiger partial charge in [0, 0.05) is 11.8 Å². The Morgan fingerprint density at radius 2 is 1.73 bits per heavy atom. The molecule has 0 atom stereocenters. The third kappa shape index (κ3) is 4.15. The largest absolute Gasteiger partial charge is 0.488 e. The van der Waals surface area contributed by atoms with Crippen LogP contribution in [0.4, 0.5) is 0 Å². The minimum Gasteiger partial charge on any atom is -0.488 e. The average molecular weight is 284 g/mol. The fraction of sp³-hybridized carbons (Fsp3) is 0.200. The number of ether oxygens (including phenoxy) is 1. The van der Waals surface area contributed by atoms with Crippen LogP contribution in [0.25, 0.3) is 0 Å². The second kappa shape index (κ2) is 6.54. The standard InChI is InChI=1S/C10H9Cl3OS/c11-7-5-9(13)10(6-8(7)12)14-3-1-2-4-15/h1-2,5-6,15H,3-4H2. The molecule has 0 saturated carbocycles. The lowest BCUT2D eigenvalue weighted by Gasteiger charge is -2.06. The van der Waals surface area contributed by atoms with Gasteiger partial charge in [0.15, 0.2) is 0 Å². The summed E-state index contributed by atoms with van der Waals surface area (Å²) in [5, 5.41) is 1.29. The van der Waals surface area contributed by atoms with Gasteiger partial charge in [0.25, 0.3) is 0 Å². The topological polar surface area (TPSA) is 9.23 Å². The molecule has 1 nitrogen and oxygen atoms in total. The zero-order valence-electron chi connectivity index (χ0n) is 7.71. The average Bonchev–Trinajstić information content (AvgIpc) is 2.20. The highest BCUT2D eigenvalue weighted by Crippen LogP contribution is 2.33. The monoisotopic (exact) mass is 282 g/mol. The number of rotatable bonds is 4. The molecule has 1 rings (SSSR count). The predicted octanol–water partition coefficient (Wildman–Crippen LogP) is 4.51. The highest BCUT2D eigenvalue weighted by atomic mass is 35.5. The SMILES string of the molecule is SCC=CCOc1cc(Cl)c(Cl)cc1Cl. The van der Waals surface area contributed by atoms with Gasteiger partial charge in [0.05, 0.1) is 15.1 Å². The summed E-state index contributed by atoms with van der Waals surface area (Å²) in [6.07, 6.45) is 3.74. The first-order chi connectivity index (χ1) is 7.15. The van der Waals surface area contributed by atoms with E-state index < -0.39 is 0 Å². The molecule has 0 spiro atoms. The fourth-order valence-electron chi connectivity index (χ4n) is 0.895. The Morgan fingerprint density at radius 3 is 2.40 bits per heavy atom. The Hall–Kier alpha value is -0.0200. The van der Waals surface area contributed by atoms with E-state index in [4.69, 9.17) is 39.5 Å². The van der Waals surface area contributed by atoms with E-state index in [1.165, 1.54) is 0 Å². The Labute approximate surface area is 109 Å². The lowest BCUT2D eigenvalue weighted by atomic mass is 10.3. The van der Waals surface area contributed by atoms with E-state index in [1.807, 2.05) is 12.2 Å². The summed E-state index contributed by atoms with van der Waals surface area (Å²) >= 11 is 21.5. The lowest BCUT2D eigenvalue weighted by Crippen LogP contribution is -1.94. The van der Waals surface area contributed by atoms with E-state index in [0.717, 1.165) is 0 Å². The zero-order chi connectivity index (χ0) is 11.3. The third-order valence-electron chi connectivity index (χ3n) is 1.58. The van der Waals surface area contributed by atoms with Gasteiger partial charge < -0.3 is 4.74 Å². The van der Waals surface area contributed by atoms with E-state index in [-0.39, 0.29) is 0 Å². The zero-order valence-corrected chi connectivity index (χ0v) is 10.9. The van der Waals surface area contributed by atoms with E-state index >= 15 is 0 Å². The van der Waals surface area contributed by atoms with Gasteiger partial charge in [-0.15, -0.1) is 0 Å². The third-order valence-corrected chi connectivity index (χ3v) is 2.81. The Morgan fingerprint density at radius 1 is 1.07 bits per heavy atom. The Balaban J connectivity index is 2.69. The molecule has 0 saturated heterocycles. The van der Waals surface area contributed by atoms with Crippen molar-refractivity contribution in [3.8, 4) is 5.75 Å². The molecule has 0 fully saturated rings. The van der Waals surface area contributed by atoms with Crippen molar-refractivity contribution in [2.24, 2.45) is 0 Å². The molecule has 0 aliphatic carbocycles. The molecule has 82 valence electrons. The van der Waals surface area contributed by atoms with E-state index in [9.17, 15) is 0 Å². The molecule has 15 heavy (non-hydrogen) atoms. The van der Waals surface area contributed by atoms with Crippen LogP contribution in [0, 0.1) is 0 Å². The van der Waals surface area contributed by atoms with Crippen molar-refractivity contribution in [2.75, 3.05) is 12.4 Å². The summed E-state index contributed by atoms with van der Waals surface area (Å²) < 4.78 is 5.38. The summed E-state index contributed by atoms with van der Waals surface area (Å²) in [6, 6.07) is 3.16. The highest BCUT2D eigenvalue weighted by molar-refractivity contribution is 7.80. The molecule has 5 heteroatoms. The van der Waals surface area contributed by atoms with Gasteiger partial charge in [0.1, 0.15) is 12.4 Å². The molecule has 0 unspecified atom stereocenters. The molecule has 0 bridgehead atoms. The summed E-state index contributed by atoms with van der Waals surface area (Å²) in [5.41, 5.74) is 0. The first kappa shape index (κ1) is 13.0. The van der Waals surface area contributed by atoms with Crippen LogP contribution in [0.2, 0.25) is 15.1 Å². The van der Waals surface area contributed by atoms with Crippen LogP contribution in [-0.2, 0) is 0 Å². The number of thiol groups is 1. The predicted molar refractivity (Wildman–Crippen MR) is 70.0 cm³/mol. The van der Waals surface area contributed by atoms with Crippen molar-refractivity contribution in [2.45, 2.75) is 0 Å². The molecule has 0 N–H and O–H groups in total. The molecule has 0 aromatic heterocycles. The van der Waals surface area contributed by atoms with Crippen molar-refractivity contribution in [1.82, 2.24) is 0 Å². The molecular weight excluding hydrogens is 275 g/mol. The van der Waals surface area contributed by atoms with Crippen molar-refractivity contribution < 1.29 is 4.74 Å². The lowest BCUT2D eigenvalue weighted by molar-refractivity contribution is 0.363. The molecule has 1 aromatic rings. The second-order valence-corrected chi connectivity index (χ2v) is 4.25. The number of benzene rings is 1. The maximum Gasteiger partial charge on any atom is 0.139 e.